The second-order valence-electron chi connectivity index (χ2n) is 5.17. The number of aliphatic hydroxyl groups excluding tert-OH is 1. The molecule has 2 aliphatic heterocycles. The normalized spacial score (nSPS) is 56.2. The summed E-state index contributed by atoms with van der Waals surface area (Å²) in [5.74, 6) is 0.927. The second kappa shape index (κ2) is 2.24. The lowest BCUT2D eigenvalue weighted by atomic mass is 9.56. The molecular weight excluding hydrogens is 150 g/mol. The molecule has 68 valence electrons. The number of nitrogens with one attached hydrogen (secondary N) is 1. The summed E-state index contributed by atoms with van der Waals surface area (Å²) in [6.45, 7) is 0.429. The number of aliphatic hydroxyl groups is 1. The molecule has 4 rings (SSSR count). The van der Waals surface area contributed by atoms with Crippen LogP contribution in [0.1, 0.15) is 32.1 Å². The maximum absolute atomic E-state index is 9.40. The second-order valence-corrected chi connectivity index (χ2v) is 5.17. The maximum atomic E-state index is 9.40. The lowest BCUT2D eigenvalue weighted by Crippen LogP contribution is -2.60. The number of piperidine rings is 2. The van der Waals surface area contributed by atoms with Crippen LogP contribution < -0.4 is 5.32 Å². The van der Waals surface area contributed by atoms with Crippen LogP contribution in [-0.2, 0) is 0 Å². The molecule has 0 aromatic rings. The number of rotatable bonds is 1. The average Bonchev–Trinajstić information content (AvgIpc) is 2.02. The van der Waals surface area contributed by atoms with E-state index in [1.807, 2.05) is 0 Å². The molecule has 12 heavy (non-hydrogen) atoms. The zero-order chi connectivity index (χ0) is 8.18. The molecule has 2 heterocycles. The van der Waals surface area contributed by atoms with Gasteiger partial charge in [0.15, 0.2) is 0 Å². The maximum Gasteiger partial charge on any atom is 0.0488 e. The Hall–Kier alpha value is -0.0800. The monoisotopic (exact) mass is 167 g/mol. The van der Waals surface area contributed by atoms with Crippen LogP contribution in [0.15, 0.2) is 0 Å². The summed E-state index contributed by atoms with van der Waals surface area (Å²) >= 11 is 0. The fraction of sp³-hybridized carbons (Fsp3) is 1.00. The van der Waals surface area contributed by atoms with Crippen LogP contribution >= 0.6 is 0 Å². The minimum absolute atomic E-state index is 0.335. The van der Waals surface area contributed by atoms with Gasteiger partial charge in [-0.25, -0.2) is 0 Å². The molecule has 4 aliphatic rings. The van der Waals surface area contributed by atoms with Gasteiger partial charge in [-0.2, -0.15) is 0 Å². The molecule has 2 N–H and O–H groups in total. The molecule has 0 spiro atoms. The van der Waals surface area contributed by atoms with Gasteiger partial charge < -0.3 is 10.4 Å². The van der Waals surface area contributed by atoms with Crippen molar-refractivity contribution in [3.8, 4) is 0 Å². The van der Waals surface area contributed by atoms with E-state index >= 15 is 0 Å². The SMILES string of the molecule is OCC12CC3CC(C1)NC(C3)C2. The molecule has 2 saturated carbocycles. The van der Waals surface area contributed by atoms with Gasteiger partial charge in [-0.3, -0.25) is 0 Å². The largest absolute Gasteiger partial charge is 0.396 e. The standard InChI is InChI=1S/C10H17NO/c12-6-10-3-7-1-8(4-10)11-9(2-7)5-10/h7-9,11-12H,1-6H2. The van der Waals surface area contributed by atoms with Crippen molar-refractivity contribution in [2.24, 2.45) is 11.3 Å². The molecule has 2 saturated heterocycles. The molecule has 2 atom stereocenters. The van der Waals surface area contributed by atoms with E-state index in [0.29, 0.717) is 12.0 Å². The third-order valence-electron chi connectivity index (χ3n) is 4.12. The van der Waals surface area contributed by atoms with Crippen LogP contribution in [0.4, 0.5) is 0 Å². The van der Waals surface area contributed by atoms with Crippen molar-refractivity contribution in [3.05, 3.63) is 0 Å². The fourth-order valence-corrected chi connectivity index (χ4v) is 3.92. The van der Waals surface area contributed by atoms with Crippen LogP contribution in [0.5, 0.6) is 0 Å². The van der Waals surface area contributed by atoms with E-state index in [2.05, 4.69) is 5.32 Å². The Bertz CT molecular complexity index is 167. The molecule has 2 nitrogen and oxygen atoms in total. The lowest BCUT2D eigenvalue weighted by Gasteiger charge is -2.56. The molecular formula is C10H17NO. The van der Waals surface area contributed by atoms with Gasteiger partial charge in [-0.15, -0.1) is 0 Å². The first kappa shape index (κ1) is 7.34. The molecule has 4 fully saturated rings. The van der Waals surface area contributed by atoms with Gasteiger partial charge in [0.05, 0.1) is 0 Å². The van der Waals surface area contributed by atoms with Crippen molar-refractivity contribution in [1.82, 2.24) is 5.32 Å². The molecule has 4 bridgehead atoms. The number of hydrogen-bond donors (Lipinski definition) is 2. The van der Waals surface area contributed by atoms with E-state index < -0.39 is 0 Å². The average molecular weight is 167 g/mol. The Morgan fingerprint density at radius 1 is 1.17 bits per heavy atom. The van der Waals surface area contributed by atoms with E-state index in [4.69, 9.17) is 0 Å². The number of hydrogen-bond acceptors (Lipinski definition) is 2. The molecule has 0 radical (unpaired) electrons. The van der Waals surface area contributed by atoms with Crippen LogP contribution in [0.2, 0.25) is 0 Å². The summed E-state index contributed by atoms with van der Waals surface area (Å²) in [5.41, 5.74) is 0.335. The third-order valence-corrected chi connectivity index (χ3v) is 4.12. The summed E-state index contributed by atoms with van der Waals surface area (Å²) < 4.78 is 0. The Kier molecular flexibility index (Phi) is 1.37. The highest BCUT2D eigenvalue weighted by Crippen LogP contribution is 2.52. The topological polar surface area (TPSA) is 32.3 Å². The van der Waals surface area contributed by atoms with Gasteiger partial charge in [0.1, 0.15) is 0 Å². The molecule has 2 heteroatoms. The van der Waals surface area contributed by atoms with Crippen molar-refractivity contribution in [2.45, 2.75) is 44.2 Å². The molecule has 0 aromatic heterocycles. The Morgan fingerprint density at radius 2 is 1.83 bits per heavy atom. The van der Waals surface area contributed by atoms with Gasteiger partial charge in [0, 0.05) is 18.7 Å². The van der Waals surface area contributed by atoms with Crippen molar-refractivity contribution in [2.75, 3.05) is 6.61 Å². The molecule has 0 amide bonds. The lowest BCUT2D eigenvalue weighted by molar-refractivity contribution is -0.0511. The van der Waals surface area contributed by atoms with Crippen LogP contribution in [0.25, 0.3) is 0 Å². The molecule has 0 aromatic carbocycles. The van der Waals surface area contributed by atoms with Gasteiger partial charge in [0.2, 0.25) is 0 Å². The minimum atomic E-state index is 0.335. The predicted octanol–water partition coefficient (Wildman–Crippen LogP) is 0.899. The molecule has 2 unspecified atom stereocenters. The quantitative estimate of drug-likeness (QED) is 0.608. The Balaban J connectivity index is 1.90. The molecule has 2 aliphatic carbocycles. The van der Waals surface area contributed by atoms with E-state index in [1.54, 1.807) is 0 Å². The Labute approximate surface area is 73.4 Å². The first-order valence-electron chi connectivity index (χ1n) is 5.17. The zero-order valence-electron chi connectivity index (χ0n) is 7.42. The van der Waals surface area contributed by atoms with E-state index in [0.717, 1.165) is 18.0 Å². The van der Waals surface area contributed by atoms with E-state index in [1.165, 1.54) is 32.1 Å². The van der Waals surface area contributed by atoms with Gasteiger partial charge in [-0.1, -0.05) is 0 Å². The summed E-state index contributed by atoms with van der Waals surface area (Å²) in [5, 5.41) is 13.1. The van der Waals surface area contributed by atoms with E-state index in [9.17, 15) is 5.11 Å². The first-order valence-corrected chi connectivity index (χ1v) is 5.17. The Morgan fingerprint density at radius 3 is 2.33 bits per heavy atom. The summed E-state index contributed by atoms with van der Waals surface area (Å²) in [6, 6.07) is 1.48. The van der Waals surface area contributed by atoms with Gasteiger partial charge in [-0.05, 0) is 43.4 Å². The zero-order valence-corrected chi connectivity index (χ0v) is 7.42. The summed E-state index contributed by atoms with van der Waals surface area (Å²) in [4.78, 5) is 0. The van der Waals surface area contributed by atoms with E-state index in [-0.39, 0.29) is 0 Å². The van der Waals surface area contributed by atoms with Gasteiger partial charge >= 0.3 is 0 Å². The summed E-state index contributed by atoms with van der Waals surface area (Å²) in [6.07, 6.45) is 6.52. The van der Waals surface area contributed by atoms with Crippen LogP contribution in [-0.4, -0.2) is 23.8 Å². The van der Waals surface area contributed by atoms with Crippen molar-refractivity contribution in [1.29, 1.82) is 0 Å². The first-order chi connectivity index (χ1) is 5.80. The van der Waals surface area contributed by atoms with Crippen LogP contribution in [0, 0.1) is 11.3 Å². The smallest absolute Gasteiger partial charge is 0.0488 e. The highest BCUT2D eigenvalue weighted by Gasteiger charge is 2.50. The minimum Gasteiger partial charge on any atom is -0.396 e. The predicted molar refractivity (Wildman–Crippen MR) is 46.8 cm³/mol. The highest BCUT2D eigenvalue weighted by atomic mass is 16.3. The van der Waals surface area contributed by atoms with Crippen molar-refractivity contribution in [3.63, 3.8) is 0 Å². The van der Waals surface area contributed by atoms with Gasteiger partial charge in [0.25, 0.3) is 0 Å². The highest BCUT2D eigenvalue weighted by molar-refractivity contribution is 5.05. The van der Waals surface area contributed by atoms with Crippen molar-refractivity contribution >= 4 is 0 Å². The summed E-state index contributed by atoms with van der Waals surface area (Å²) in [7, 11) is 0. The fourth-order valence-electron chi connectivity index (χ4n) is 3.92. The third kappa shape index (κ3) is 0.882. The van der Waals surface area contributed by atoms with Crippen molar-refractivity contribution < 1.29 is 5.11 Å². The van der Waals surface area contributed by atoms with Crippen LogP contribution in [0.3, 0.4) is 0 Å².